The van der Waals surface area contributed by atoms with E-state index in [2.05, 4.69) is 60.0 Å². The SMILES string of the molecule is CCNC(=NCCCN(C(C)C)C(C)C)NCCN1CCN(C(=O)C2CCC2)CC1.I. The van der Waals surface area contributed by atoms with E-state index in [9.17, 15) is 4.79 Å². The summed E-state index contributed by atoms with van der Waals surface area (Å²) in [5, 5.41) is 6.83. The highest BCUT2D eigenvalue weighted by Crippen LogP contribution is 2.28. The number of guanidine groups is 1. The summed E-state index contributed by atoms with van der Waals surface area (Å²) in [6, 6.07) is 1.15. The Labute approximate surface area is 207 Å². The number of carbonyl (C=O) groups is 1. The second-order valence-electron chi connectivity index (χ2n) is 9.26. The molecule has 2 aliphatic rings. The molecule has 0 aromatic carbocycles. The Hall–Kier alpha value is -0.610. The van der Waals surface area contributed by atoms with E-state index in [4.69, 9.17) is 4.99 Å². The maximum absolute atomic E-state index is 12.4. The molecule has 7 nitrogen and oxygen atoms in total. The molecule has 0 aromatic rings. The van der Waals surface area contributed by atoms with Gasteiger partial charge in [0.15, 0.2) is 5.96 Å². The molecule has 31 heavy (non-hydrogen) atoms. The zero-order chi connectivity index (χ0) is 21.9. The fourth-order valence-corrected chi connectivity index (χ4v) is 4.34. The van der Waals surface area contributed by atoms with Gasteiger partial charge in [0.25, 0.3) is 0 Å². The molecular formula is C23H47IN6O. The van der Waals surface area contributed by atoms with Crippen LogP contribution in [0.4, 0.5) is 0 Å². The normalized spacial score (nSPS) is 18.3. The second kappa shape index (κ2) is 15.3. The van der Waals surface area contributed by atoms with Gasteiger partial charge in [0.05, 0.1) is 0 Å². The minimum absolute atomic E-state index is 0. The Morgan fingerprint density at radius 3 is 2.23 bits per heavy atom. The zero-order valence-corrected chi connectivity index (χ0v) is 22.9. The molecule has 1 saturated heterocycles. The third-order valence-corrected chi connectivity index (χ3v) is 6.37. The molecule has 0 aromatic heterocycles. The quantitative estimate of drug-likeness (QED) is 0.179. The summed E-state index contributed by atoms with van der Waals surface area (Å²) < 4.78 is 0. The van der Waals surface area contributed by atoms with Gasteiger partial charge in [-0.2, -0.15) is 0 Å². The number of halogens is 1. The topological polar surface area (TPSA) is 63.2 Å². The first-order valence-corrected chi connectivity index (χ1v) is 12.2. The highest BCUT2D eigenvalue weighted by atomic mass is 127. The van der Waals surface area contributed by atoms with Crippen LogP contribution in [0.3, 0.4) is 0 Å². The molecule has 8 heteroatoms. The number of nitrogens with one attached hydrogen (secondary N) is 2. The molecule has 1 amide bonds. The van der Waals surface area contributed by atoms with Crippen LogP contribution in [-0.2, 0) is 4.79 Å². The van der Waals surface area contributed by atoms with Crippen molar-refractivity contribution in [3.8, 4) is 0 Å². The molecule has 2 rings (SSSR count). The molecule has 2 N–H and O–H groups in total. The Morgan fingerprint density at radius 1 is 1.06 bits per heavy atom. The van der Waals surface area contributed by atoms with Gasteiger partial charge in [0.1, 0.15) is 0 Å². The van der Waals surface area contributed by atoms with Crippen molar-refractivity contribution < 1.29 is 4.79 Å². The number of piperazine rings is 1. The van der Waals surface area contributed by atoms with Crippen molar-refractivity contribution >= 4 is 35.8 Å². The van der Waals surface area contributed by atoms with E-state index in [1.54, 1.807) is 0 Å². The number of amides is 1. The van der Waals surface area contributed by atoms with Crippen molar-refractivity contribution in [1.29, 1.82) is 0 Å². The maximum Gasteiger partial charge on any atom is 0.225 e. The predicted molar refractivity (Wildman–Crippen MR) is 141 cm³/mol. The molecule has 0 bridgehead atoms. The number of carbonyl (C=O) groups excluding carboxylic acids is 1. The van der Waals surface area contributed by atoms with Gasteiger partial charge in [-0.05, 0) is 53.9 Å². The molecule has 2 fully saturated rings. The first kappa shape index (κ1) is 28.4. The smallest absolute Gasteiger partial charge is 0.225 e. The summed E-state index contributed by atoms with van der Waals surface area (Å²) in [6.07, 6.45) is 4.50. The van der Waals surface area contributed by atoms with E-state index in [0.717, 1.165) is 84.1 Å². The monoisotopic (exact) mass is 550 g/mol. The van der Waals surface area contributed by atoms with Crippen molar-refractivity contribution in [1.82, 2.24) is 25.3 Å². The summed E-state index contributed by atoms with van der Waals surface area (Å²) in [5.74, 6) is 1.64. The van der Waals surface area contributed by atoms with Gasteiger partial charge in [-0.25, -0.2) is 0 Å². The predicted octanol–water partition coefficient (Wildman–Crippen LogP) is 2.61. The third-order valence-electron chi connectivity index (χ3n) is 6.37. The van der Waals surface area contributed by atoms with Crippen LogP contribution in [0.5, 0.6) is 0 Å². The molecule has 1 aliphatic heterocycles. The summed E-state index contributed by atoms with van der Waals surface area (Å²) in [6.45, 7) is 19.5. The van der Waals surface area contributed by atoms with Gasteiger partial charge in [0, 0.05) is 76.9 Å². The molecule has 1 heterocycles. The van der Waals surface area contributed by atoms with E-state index in [0.29, 0.717) is 23.9 Å². The molecule has 1 aliphatic carbocycles. The lowest BCUT2D eigenvalue weighted by Gasteiger charge is -2.38. The lowest BCUT2D eigenvalue weighted by atomic mass is 9.84. The van der Waals surface area contributed by atoms with E-state index in [-0.39, 0.29) is 24.0 Å². The van der Waals surface area contributed by atoms with E-state index in [1.165, 1.54) is 6.42 Å². The summed E-state index contributed by atoms with van der Waals surface area (Å²) in [7, 11) is 0. The number of hydrogen-bond donors (Lipinski definition) is 2. The minimum atomic E-state index is 0. The van der Waals surface area contributed by atoms with E-state index < -0.39 is 0 Å². The number of aliphatic imine (C=N–C) groups is 1. The first-order valence-electron chi connectivity index (χ1n) is 12.2. The van der Waals surface area contributed by atoms with Crippen molar-refractivity contribution in [2.45, 2.75) is 72.4 Å². The Balaban J connectivity index is 0.00000480. The Bertz CT molecular complexity index is 522. The van der Waals surface area contributed by atoms with E-state index >= 15 is 0 Å². The fraction of sp³-hybridized carbons (Fsp3) is 0.913. The number of nitrogens with zero attached hydrogens (tertiary/aromatic N) is 4. The van der Waals surface area contributed by atoms with Crippen molar-refractivity contribution in [3.05, 3.63) is 0 Å². The van der Waals surface area contributed by atoms with Gasteiger partial charge in [-0.1, -0.05) is 6.42 Å². The average Bonchev–Trinajstić information content (AvgIpc) is 2.66. The van der Waals surface area contributed by atoms with Crippen LogP contribution >= 0.6 is 24.0 Å². The summed E-state index contributed by atoms with van der Waals surface area (Å²) >= 11 is 0. The largest absolute Gasteiger partial charge is 0.357 e. The van der Waals surface area contributed by atoms with Gasteiger partial charge in [-0.15, -0.1) is 24.0 Å². The lowest BCUT2D eigenvalue weighted by Crippen LogP contribution is -2.52. The third kappa shape index (κ3) is 9.82. The molecule has 182 valence electrons. The van der Waals surface area contributed by atoms with Crippen LogP contribution in [0.1, 0.15) is 60.3 Å². The first-order chi connectivity index (χ1) is 14.4. The van der Waals surface area contributed by atoms with Crippen molar-refractivity contribution in [2.24, 2.45) is 10.9 Å². The zero-order valence-electron chi connectivity index (χ0n) is 20.5. The summed E-state index contributed by atoms with van der Waals surface area (Å²) in [5.41, 5.74) is 0. The Morgan fingerprint density at radius 2 is 1.71 bits per heavy atom. The minimum Gasteiger partial charge on any atom is -0.357 e. The molecule has 0 unspecified atom stereocenters. The number of rotatable bonds is 11. The standard InChI is InChI=1S/C23H46N6O.HI/c1-6-24-23(25-11-8-13-29(19(2)3)20(4)5)26-12-14-27-15-17-28(18-16-27)22(30)21-9-7-10-21;/h19-21H,6-18H2,1-5H3,(H2,24,25,26);1H. The van der Waals surface area contributed by atoms with Gasteiger partial charge in [0.2, 0.25) is 5.91 Å². The number of hydrogen-bond acceptors (Lipinski definition) is 4. The van der Waals surface area contributed by atoms with Gasteiger partial charge < -0.3 is 15.5 Å². The second-order valence-corrected chi connectivity index (χ2v) is 9.26. The van der Waals surface area contributed by atoms with Gasteiger partial charge >= 0.3 is 0 Å². The van der Waals surface area contributed by atoms with Crippen molar-refractivity contribution in [3.63, 3.8) is 0 Å². The van der Waals surface area contributed by atoms with Crippen LogP contribution < -0.4 is 10.6 Å². The Kier molecular flexibility index (Phi) is 14.0. The van der Waals surface area contributed by atoms with Crippen LogP contribution in [0, 0.1) is 5.92 Å². The highest BCUT2D eigenvalue weighted by molar-refractivity contribution is 14.0. The van der Waals surface area contributed by atoms with Crippen LogP contribution in [0.15, 0.2) is 4.99 Å². The molecule has 0 spiro atoms. The van der Waals surface area contributed by atoms with Crippen LogP contribution in [0.25, 0.3) is 0 Å². The molecule has 1 saturated carbocycles. The van der Waals surface area contributed by atoms with Crippen molar-refractivity contribution in [2.75, 3.05) is 58.9 Å². The lowest BCUT2D eigenvalue weighted by molar-refractivity contribution is -0.139. The fourth-order valence-electron chi connectivity index (χ4n) is 4.34. The molecule has 0 atom stereocenters. The van der Waals surface area contributed by atoms with Gasteiger partial charge in [-0.3, -0.25) is 19.6 Å². The highest BCUT2D eigenvalue weighted by Gasteiger charge is 2.30. The van der Waals surface area contributed by atoms with E-state index in [1.807, 2.05) is 0 Å². The maximum atomic E-state index is 12.4. The van der Waals surface area contributed by atoms with Crippen LogP contribution in [0.2, 0.25) is 0 Å². The molecular weight excluding hydrogens is 503 g/mol. The summed E-state index contributed by atoms with van der Waals surface area (Å²) in [4.78, 5) is 24.2. The molecule has 0 radical (unpaired) electrons. The van der Waals surface area contributed by atoms with Crippen LogP contribution in [-0.4, -0.2) is 97.6 Å². The average molecular weight is 551 g/mol.